The number of carbonyl (C=O) groups is 1. The third kappa shape index (κ3) is 7.74. The highest BCUT2D eigenvalue weighted by atomic mass is 16.4. The lowest BCUT2D eigenvalue weighted by atomic mass is 10.3. The molecule has 0 fully saturated rings. The third-order valence-electron chi connectivity index (χ3n) is 1.83. The van der Waals surface area contributed by atoms with Crippen molar-refractivity contribution in [1.29, 1.82) is 5.26 Å². The monoisotopic (exact) mass is 232 g/mol. The number of nitriles is 1. The van der Waals surface area contributed by atoms with E-state index in [-0.39, 0.29) is 0 Å². The van der Waals surface area contributed by atoms with Gasteiger partial charge in [0.1, 0.15) is 13.0 Å². The number of rotatable bonds is 3. The predicted molar refractivity (Wildman–Crippen MR) is 63.9 cm³/mol. The number of carboxylic acid groups (broad SMARTS) is 1. The van der Waals surface area contributed by atoms with Crippen molar-refractivity contribution in [3.05, 3.63) is 30.3 Å². The second-order valence-electron chi connectivity index (χ2n) is 3.16. The normalized spacial score (nSPS) is 9.82. The fraction of sp³-hybridized carbons (Fsp3) is 0.308. The molecule has 0 atom stereocenters. The second kappa shape index (κ2) is 9.10. The minimum absolute atomic E-state index is 0.461. The molecule has 0 aliphatic rings. The van der Waals surface area contributed by atoms with Crippen molar-refractivity contribution < 1.29 is 14.5 Å². The predicted octanol–water partition coefficient (Wildman–Crippen LogP) is 1.09. The van der Waals surface area contributed by atoms with Crippen LogP contribution in [-0.2, 0) is 4.79 Å². The number of benzene rings is 1. The Kier molecular flexibility index (Phi) is 7.95. The molecule has 0 aliphatic heterocycles. The summed E-state index contributed by atoms with van der Waals surface area (Å²) in [4.78, 5) is 8.89. The number of hydrogen-bond donors (Lipinski definition) is 0. The molecule has 0 heterocycles. The molecule has 4 heteroatoms. The lowest BCUT2D eigenvalue weighted by Gasteiger charge is -1.97. The zero-order valence-electron chi connectivity index (χ0n) is 10.1. The molecule has 4 nitrogen and oxygen atoms in total. The van der Waals surface area contributed by atoms with Crippen molar-refractivity contribution in [2.24, 2.45) is 0 Å². The van der Waals surface area contributed by atoms with Gasteiger partial charge in [0.05, 0.1) is 6.07 Å². The molecular formula is C13H16N2O2. The average Bonchev–Trinajstić information content (AvgIpc) is 2.31. The van der Waals surface area contributed by atoms with Crippen LogP contribution >= 0.6 is 0 Å². The van der Waals surface area contributed by atoms with E-state index in [2.05, 4.69) is 17.6 Å². The number of carbonyl (C=O) groups excluding carboxylic acids is 1. The van der Waals surface area contributed by atoms with Crippen LogP contribution < -0.4 is 5.11 Å². The van der Waals surface area contributed by atoms with Crippen LogP contribution in [0.15, 0.2) is 30.3 Å². The Bertz CT molecular complexity index is 401. The number of nitrogens with zero attached hydrogens (tertiary/aromatic N) is 2. The van der Waals surface area contributed by atoms with Crippen molar-refractivity contribution in [1.82, 2.24) is 0 Å². The summed E-state index contributed by atoms with van der Waals surface area (Å²) in [6, 6.07) is 12.2. The maximum Gasteiger partial charge on any atom is 0.204 e. The lowest BCUT2D eigenvalue weighted by Crippen LogP contribution is -2.16. The Morgan fingerprint density at radius 1 is 1.47 bits per heavy atom. The molecule has 0 aliphatic carbocycles. The van der Waals surface area contributed by atoms with Gasteiger partial charge >= 0.3 is 0 Å². The average molecular weight is 232 g/mol. The minimum atomic E-state index is -1.08. The SMILES string of the molecule is CC(=O)[O-].CC[N+](=CCC#N)c1ccccc1. The highest BCUT2D eigenvalue weighted by Gasteiger charge is 2.03. The van der Waals surface area contributed by atoms with Crippen LogP contribution in [0.4, 0.5) is 5.69 Å². The molecule has 0 aromatic heterocycles. The minimum Gasteiger partial charge on any atom is -0.550 e. The Morgan fingerprint density at radius 2 is 2.00 bits per heavy atom. The highest BCUT2D eigenvalue weighted by Crippen LogP contribution is 2.08. The van der Waals surface area contributed by atoms with Gasteiger partial charge < -0.3 is 9.90 Å². The van der Waals surface area contributed by atoms with Gasteiger partial charge in [0.25, 0.3) is 0 Å². The second-order valence-corrected chi connectivity index (χ2v) is 3.16. The molecule has 0 bridgehead atoms. The van der Waals surface area contributed by atoms with Gasteiger partial charge in [0, 0.05) is 18.1 Å². The summed E-state index contributed by atoms with van der Waals surface area (Å²) in [6.45, 7) is 3.94. The first-order valence-corrected chi connectivity index (χ1v) is 5.31. The summed E-state index contributed by atoms with van der Waals surface area (Å²) in [5.41, 5.74) is 1.14. The standard InChI is InChI=1S/C11H13N2.C2H4O2/c1-2-13(10-6-9-12)11-7-4-3-5-8-11;1-2(3)4/h3-5,7-8,10H,2,6H2,1H3;1H3,(H,3,4)/q+1;/p-1. The molecular weight excluding hydrogens is 216 g/mol. The van der Waals surface area contributed by atoms with E-state index in [0.717, 1.165) is 19.2 Å². The van der Waals surface area contributed by atoms with E-state index < -0.39 is 5.97 Å². The molecule has 0 unspecified atom stereocenters. The summed E-state index contributed by atoms with van der Waals surface area (Å²) in [6.07, 6.45) is 2.37. The van der Waals surface area contributed by atoms with Gasteiger partial charge in [0.2, 0.25) is 5.69 Å². The van der Waals surface area contributed by atoms with Gasteiger partial charge in [-0.25, -0.2) is 4.58 Å². The third-order valence-corrected chi connectivity index (χ3v) is 1.83. The van der Waals surface area contributed by atoms with E-state index >= 15 is 0 Å². The van der Waals surface area contributed by atoms with Gasteiger partial charge in [-0.2, -0.15) is 5.26 Å². The van der Waals surface area contributed by atoms with E-state index in [1.165, 1.54) is 0 Å². The molecule has 1 rings (SSSR count). The highest BCUT2D eigenvalue weighted by molar-refractivity contribution is 5.60. The Balaban J connectivity index is 0.000000557. The fourth-order valence-electron chi connectivity index (χ4n) is 1.19. The summed E-state index contributed by atoms with van der Waals surface area (Å²) in [5, 5.41) is 17.3. The quantitative estimate of drug-likeness (QED) is 0.578. The van der Waals surface area contributed by atoms with Crippen LogP contribution in [-0.4, -0.2) is 23.3 Å². The smallest absolute Gasteiger partial charge is 0.204 e. The van der Waals surface area contributed by atoms with E-state index in [4.69, 9.17) is 15.2 Å². The molecule has 17 heavy (non-hydrogen) atoms. The van der Waals surface area contributed by atoms with Crippen LogP contribution in [0.2, 0.25) is 0 Å². The van der Waals surface area contributed by atoms with Gasteiger partial charge in [-0.3, -0.25) is 0 Å². The van der Waals surface area contributed by atoms with Crippen molar-refractivity contribution in [3.63, 3.8) is 0 Å². The van der Waals surface area contributed by atoms with Crippen LogP contribution in [0.5, 0.6) is 0 Å². The van der Waals surface area contributed by atoms with Crippen LogP contribution in [0.25, 0.3) is 0 Å². The fourth-order valence-corrected chi connectivity index (χ4v) is 1.19. The van der Waals surface area contributed by atoms with Gasteiger partial charge in [-0.15, -0.1) is 0 Å². The van der Waals surface area contributed by atoms with Crippen molar-refractivity contribution >= 4 is 17.9 Å². The number of hydrogen-bond acceptors (Lipinski definition) is 3. The molecule has 1 aromatic carbocycles. The molecule has 0 radical (unpaired) electrons. The molecule has 0 saturated heterocycles. The largest absolute Gasteiger partial charge is 0.550 e. The van der Waals surface area contributed by atoms with Gasteiger partial charge in [-0.05, 0) is 13.8 Å². The van der Waals surface area contributed by atoms with Crippen molar-refractivity contribution in [3.8, 4) is 6.07 Å². The molecule has 0 spiro atoms. The maximum absolute atomic E-state index is 8.89. The van der Waals surface area contributed by atoms with Crippen LogP contribution in [0, 0.1) is 11.3 Å². The first kappa shape index (κ1) is 14.8. The molecule has 0 saturated carbocycles. The van der Waals surface area contributed by atoms with Crippen LogP contribution in [0.3, 0.4) is 0 Å². The Hall–Kier alpha value is -2.15. The first-order valence-electron chi connectivity index (χ1n) is 5.31. The van der Waals surface area contributed by atoms with Gasteiger partial charge in [0.15, 0.2) is 6.21 Å². The summed E-state index contributed by atoms with van der Waals surface area (Å²) in [7, 11) is 0. The zero-order chi connectivity index (χ0) is 13.1. The van der Waals surface area contributed by atoms with E-state index in [9.17, 15) is 0 Å². The zero-order valence-corrected chi connectivity index (χ0v) is 10.1. The summed E-state index contributed by atoms with van der Waals surface area (Å²) >= 11 is 0. The van der Waals surface area contributed by atoms with E-state index in [1.807, 2.05) is 36.5 Å². The molecule has 1 aromatic rings. The van der Waals surface area contributed by atoms with Crippen molar-refractivity contribution in [2.75, 3.05) is 6.54 Å². The first-order chi connectivity index (χ1) is 8.11. The maximum atomic E-state index is 8.89. The molecule has 0 N–H and O–H groups in total. The number of carboxylic acids is 1. The topological polar surface area (TPSA) is 66.9 Å². The number of aliphatic carboxylic acids is 1. The Morgan fingerprint density at radius 3 is 2.41 bits per heavy atom. The Labute approximate surface area is 101 Å². The summed E-state index contributed by atoms with van der Waals surface area (Å²) < 4.78 is 2.07. The van der Waals surface area contributed by atoms with E-state index in [1.54, 1.807) is 0 Å². The van der Waals surface area contributed by atoms with Crippen LogP contribution in [0.1, 0.15) is 20.3 Å². The molecule has 0 amide bonds. The van der Waals surface area contributed by atoms with E-state index in [0.29, 0.717) is 6.42 Å². The lowest BCUT2D eigenvalue weighted by molar-refractivity contribution is -0.432. The van der Waals surface area contributed by atoms with Crippen molar-refractivity contribution in [2.45, 2.75) is 20.3 Å². The molecule has 90 valence electrons. The summed E-state index contributed by atoms with van der Waals surface area (Å²) in [5.74, 6) is -1.08. The number of para-hydroxylation sites is 1. The van der Waals surface area contributed by atoms with Gasteiger partial charge in [-0.1, -0.05) is 18.2 Å².